The molecule has 4 heteroatoms. The van der Waals surface area contributed by atoms with Gasteiger partial charge in [-0.1, -0.05) is 12.2 Å². The topological polar surface area (TPSA) is 38.7 Å². The molecule has 0 amide bonds. The van der Waals surface area contributed by atoms with Crippen LogP contribution in [-0.2, 0) is 12.0 Å². The van der Waals surface area contributed by atoms with E-state index in [-0.39, 0.29) is 11.5 Å². The van der Waals surface area contributed by atoms with Crippen molar-refractivity contribution in [3.05, 3.63) is 34.9 Å². The largest absolute Gasteiger partial charge is 0.493 e. The van der Waals surface area contributed by atoms with E-state index in [1.807, 2.05) is 6.08 Å². The van der Waals surface area contributed by atoms with Gasteiger partial charge >= 0.3 is 0 Å². The van der Waals surface area contributed by atoms with Crippen LogP contribution in [0.5, 0.6) is 11.5 Å². The Labute approximate surface area is 137 Å². The lowest BCUT2D eigenvalue weighted by molar-refractivity contribution is -0.903. The quantitative estimate of drug-likeness (QED) is 0.638. The SMILES string of the molecule is COc1cc(C)c2c3c1O[C@@H]1C[C@H](O)C=C[C@@]31CC[N+](C)(C)C2. The van der Waals surface area contributed by atoms with Gasteiger partial charge in [-0.3, -0.25) is 0 Å². The average molecular weight is 316 g/mol. The van der Waals surface area contributed by atoms with Crippen molar-refractivity contribution in [2.75, 3.05) is 27.7 Å². The smallest absolute Gasteiger partial charge is 0.166 e. The number of methoxy groups -OCH3 is 1. The maximum atomic E-state index is 10.1. The predicted molar refractivity (Wildman–Crippen MR) is 88.9 cm³/mol. The fourth-order valence-corrected chi connectivity index (χ4v) is 4.57. The zero-order valence-electron chi connectivity index (χ0n) is 14.4. The summed E-state index contributed by atoms with van der Waals surface area (Å²) < 4.78 is 12.9. The van der Waals surface area contributed by atoms with Crippen molar-refractivity contribution in [2.45, 2.75) is 43.9 Å². The van der Waals surface area contributed by atoms with Crippen LogP contribution in [0.2, 0.25) is 0 Å². The summed E-state index contributed by atoms with van der Waals surface area (Å²) in [5.41, 5.74) is 3.87. The molecule has 4 nitrogen and oxygen atoms in total. The van der Waals surface area contributed by atoms with Gasteiger partial charge < -0.3 is 19.1 Å². The summed E-state index contributed by atoms with van der Waals surface area (Å²) in [5.74, 6) is 1.73. The van der Waals surface area contributed by atoms with E-state index >= 15 is 0 Å². The van der Waals surface area contributed by atoms with Crippen molar-refractivity contribution >= 4 is 0 Å². The average Bonchev–Trinajstić information content (AvgIpc) is 2.76. The Kier molecular flexibility index (Phi) is 3.10. The highest BCUT2D eigenvalue weighted by Crippen LogP contribution is 2.56. The fraction of sp³-hybridized carbons (Fsp3) is 0.579. The molecular weight excluding hydrogens is 290 g/mol. The normalized spacial score (nSPS) is 33.4. The second kappa shape index (κ2) is 4.74. The van der Waals surface area contributed by atoms with E-state index in [2.05, 4.69) is 33.2 Å². The molecule has 1 aromatic rings. The van der Waals surface area contributed by atoms with E-state index < -0.39 is 6.10 Å². The highest BCUT2D eigenvalue weighted by atomic mass is 16.5. The molecule has 4 rings (SSSR count). The molecular formula is C19H26NO3+. The van der Waals surface area contributed by atoms with Crippen LogP contribution in [0.3, 0.4) is 0 Å². The van der Waals surface area contributed by atoms with Gasteiger partial charge in [0.05, 0.1) is 39.3 Å². The van der Waals surface area contributed by atoms with E-state index in [0.717, 1.165) is 35.5 Å². The Morgan fingerprint density at radius 1 is 1.39 bits per heavy atom. The van der Waals surface area contributed by atoms with Gasteiger partial charge in [0.25, 0.3) is 0 Å². The molecule has 3 aliphatic rings. The summed E-state index contributed by atoms with van der Waals surface area (Å²) >= 11 is 0. The fourth-order valence-electron chi connectivity index (χ4n) is 4.57. The van der Waals surface area contributed by atoms with Crippen LogP contribution in [-0.4, -0.2) is 49.5 Å². The first-order valence-electron chi connectivity index (χ1n) is 8.43. The molecule has 23 heavy (non-hydrogen) atoms. The number of aliphatic hydroxyl groups is 1. The molecule has 1 aliphatic carbocycles. The number of hydrogen-bond acceptors (Lipinski definition) is 3. The molecule has 1 aromatic carbocycles. The molecule has 0 saturated heterocycles. The van der Waals surface area contributed by atoms with Crippen molar-refractivity contribution in [2.24, 2.45) is 0 Å². The van der Waals surface area contributed by atoms with E-state index in [9.17, 15) is 5.11 Å². The summed E-state index contributed by atoms with van der Waals surface area (Å²) in [6.07, 6.45) is 5.46. The standard InChI is InChI=1S/C19H26NO3/c1-12-9-15(22-4)18-17-14(12)11-20(2,3)8-7-19(17)6-5-13(21)10-16(19)23-18/h5-6,9,13,16,21H,7-8,10-11H2,1-4H3/q+1/t13-,16-,19+/m1/s1. The summed E-state index contributed by atoms with van der Waals surface area (Å²) in [7, 11) is 6.30. The van der Waals surface area contributed by atoms with Crippen LogP contribution in [0.25, 0.3) is 0 Å². The summed E-state index contributed by atoms with van der Waals surface area (Å²) in [6.45, 7) is 4.27. The Morgan fingerprint density at radius 2 is 2.17 bits per heavy atom. The lowest BCUT2D eigenvalue weighted by Crippen LogP contribution is -2.45. The summed E-state index contributed by atoms with van der Waals surface area (Å²) in [6, 6.07) is 2.10. The van der Waals surface area contributed by atoms with Gasteiger partial charge in [-0.15, -0.1) is 0 Å². The van der Waals surface area contributed by atoms with Gasteiger partial charge in [0.1, 0.15) is 12.6 Å². The molecule has 1 spiro atoms. The highest BCUT2D eigenvalue weighted by Gasteiger charge is 2.54. The van der Waals surface area contributed by atoms with Gasteiger partial charge in [0, 0.05) is 24.0 Å². The molecule has 0 aromatic heterocycles. The number of quaternary nitrogens is 1. The first kappa shape index (κ1) is 15.0. The lowest BCUT2D eigenvalue weighted by atomic mass is 9.68. The van der Waals surface area contributed by atoms with E-state index in [4.69, 9.17) is 9.47 Å². The van der Waals surface area contributed by atoms with E-state index in [0.29, 0.717) is 6.42 Å². The Hall–Kier alpha value is -1.52. The van der Waals surface area contributed by atoms with Crippen molar-refractivity contribution < 1.29 is 19.1 Å². The summed E-state index contributed by atoms with van der Waals surface area (Å²) in [5, 5.41) is 10.1. The van der Waals surface area contributed by atoms with Gasteiger partial charge in [0.2, 0.25) is 0 Å². The van der Waals surface area contributed by atoms with Crippen LogP contribution in [0.15, 0.2) is 18.2 Å². The monoisotopic (exact) mass is 316 g/mol. The number of aryl methyl sites for hydroxylation is 1. The third-order valence-electron chi connectivity index (χ3n) is 5.88. The van der Waals surface area contributed by atoms with Crippen LogP contribution < -0.4 is 9.47 Å². The van der Waals surface area contributed by atoms with Crippen LogP contribution in [0.1, 0.15) is 29.5 Å². The minimum absolute atomic E-state index is 0.00468. The Bertz CT molecular complexity index is 694. The van der Waals surface area contributed by atoms with Crippen molar-refractivity contribution in [1.82, 2.24) is 0 Å². The number of aliphatic hydroxyl groups excluding tert-OH is 1. The Morgan fingerprint density at radius 3 is 2.91 bits per heavy atom. The third kappa shape index (κ3) is 2.05. The summed E-state index contributed by atoms with van der Waals surface area (Å²) in [4.78, 5) is 0. The number of ether oxygens (including phenoxy) is 2. The second-order valence-electron chi connectivity index (χ2n) is 7.95. The number of rotatable bonds is 1. The van der Waals surface area contributed by atoms with E-state index in [1.165, 1.54) is 16.7 Å². The molecule has 3 atom stereocenters. The van der Waals surface area contributed by atoms with Crippen molar-refractivity contribution in [1.29, 1.82) is 0 Å². The van der Waals surface area contributed by atoms with Gasteiger partial charge in [-0.05, 0) is 18.6 Å². The van der Waals surface area contributed by atoms with E-state index in [1.54, 1.807) is 7.11 Å². The van der Waals surface area contributed by atoms with Gasteiger partial charge in [-0.25, -0.2) is 0 Å². The van der Waals surface area contributed by atoms with Crippen molar-refractivity contribution in [3.8, 4) is 11.5 Å². The van der Waals surface area contributed by atoms with Crippen molar-refractivity contribution in [3.63, 3.8) is 0 Å². The zero-order valence-corrected chi connectivity index (χ0v) is 14.4. The molecule has 2 aliphatic heterocycles. The molecule has 124 valence electrons. The molecule has 0 saturated carbocycles. The van der Waals surface area contributed by atoms with Crippen LogP contribution in [0.4, 0.5) is 0 Å². The molecule has 1 N–H and O–H groups in total. The first-order chi connectivity index (χ1) is 10.9. The second-order valence-corrected chi connectivity index (χ2v) is 7.95. The minimum atomic E-state index is -0.416. The molecule has 0 bridgehead atoms. The highest BCUT2D eigenvalue weighted by molar-refractivity contribution is 5.62. The number of benzene rings is 1. The third-order valence-corrected chi connectivity index (χ3v) is 5.88. The molecule has 0 fully saturated rings. The van der Waals surface area contributed by atoms with Crippen LogP contribution >= 0.6 is 0 Å². The molecule has 2 heterocycles. The minimum Gasteiger partial charge on any atom is -0.493 e. The number of hydrogen-bond donors (Lipinski definition) is 1. The predicted octanol–water partition coefficient (Wildman–Crippen LogP) is 2.30. The maximum Gasteiger partial charge on any atom is 0.166 e. The zero-order chi connectivity index (χ0) is 16.4. The molecule has 0 unspecified atom stereocenters. The van der Waals surface area contributed by atoms with Crippen LogP contribution in [0, 0.1) is 6.92 Å². The van der Waals surface area contributed by atoms with Gasteiger partial charge in [0.15, 0.2) is 11.5 Å². The first-order valence-corrected chi connectivity index (χ1v) is 8.43. The Balaban J connectivity index is 2.01. The molecule has 0 radical (unpaired) electrons. The number of nitrogens with zero attached hydrogens (tertiary/aromatic N) is 1. The van der Waals surface area contributed by atoms with Gasteiger partial charge in [-0.2, -0.15) is 0 Å². The maximum absolute atomic E-state index is 10.1. The lowest BCUT2D eigenvalue weighted by Gasteiger charge is -2.36.